The summed E-state index contributed by atoms with van der Waals surface area (Å²) in [6.45, 7) is 1.45. The molecule has 1 fully saturated rings. The first-order chi connectivity index (χ1) is 8.68. The van der Waals surface area contributed by atoms with Crippen molar-refractivity contribution < 1.29 is 13.5 Å². The van der Waals surface area contributed by atoms with Crippen molar-refractivity contribution in [2.45, 2.75) is 31.9 Å². The van der Waals surface area contributed by atoms with Crippen LogP contribution in [0.5, 0.6) is 0 Å². The Hall–Kier alpha value is -0.520. The normalized spacial score (nSPS) is 20.1. The van der Waals surface area contributed by atoms with Crippen LogP contribution in [0.4, 0.5) is 8.78 Å². The van der Waals surface area contributed by atoms with Gasteiger partial charge in [0.05, 0.1) is 23.2 Å². The van der Waals surface area contributed by atoms with E-state index in [2.05, 4.69) is 21.2 Å². The zero-order chi connectivity index (χ0) is 13.0. The summed E-state index contributed by atoms with van der Waals surface area (Å²) in [4.78, 5) is 0. The molecule has 1 N–H and O–H groups in total. The summed E-state index contributed by atoms with van der Waals surface area (Å²) < 4.78 is 32.8. The molecule has 1 saturated heterocycles. The van der Waals surface area contributed by atoms with Crippen molar-refractivity contribution in [3.8, 4) is 0 Å². The molecule has 0 radical (unpaired) electrons. The van der Waals surface area contributed by atoms with Gasteiger partial charge in [-0.15, -0.1) is 0 Å². The average molecular weight is 320 g/mol. The molecule has 100 valence electrons. The van der Waals surface area contributed by atoms with Crippen LogP contribution in [0.25, 0.3) is 0 Å². The molecule has 5 heteroatoms. The molecule has 1 aliphatic rings. The SMILES string of the molecule is Fc1ccc(Br)c(F)c1COCC1CCCCN1. The van der Waals surface area contributed by atoms with E-state index in [-0.39, 0.29) is 16.6 Å². The third-order valence-corrected chi connectivity index (χ3v) is 3.73. The largest absolute Gasteiger partial charge is 0.375 e. The van der Waals surface area contributed by atoms with E-state index in [1.54, 1.807) is 0 Å². The van der Waals surface area contributed by atoms with Crippen LogP contribution >= 0.6 is 15.9 Å². The molecule has 1 heterocycles. The van der Waals surface area contributed by atoms with E-state index >= 15 is 0 Å². The first kappa shape index (κ1) is 13.9. The average Bonchev–Trinajstić information content (AvgIpc) is 2.39. The fraction of sp³-hybridized carbons (Fsp3) is 0.538. The second-order valence-corrected chi connectivity index (χ2v) is 5.34. The molecule has 0 amide bonds. The van der Waals surface area contributed by atoms with E-state index in [9.17, 15) is 8.78 Å². The van der Waals surface area contributed by atoms with Gasteiger partial charge in [0, 0.05) is 6.04 Å². The Morgan fingerprint density at radius 2 is 2.17 bits per heavy atom. The maximum atomic E-state index is 13.6. The van der Waals surface area contributed by atoms with Crippen LogP contribution in [0.3, 0.4) is 0 Å². The molecule has 0 bridgehead atoms. The lowest BCUT2D eigenvalue weighted by Gasteiger charge is -2.23. The van der Waals surface area contributed by atoms with Crippen molar-refractivity contribution in [3.05, 3.63) is 33.8 Å². The van der Waals surface area contributed by atoms with Crippen LogP contribution in [-0.4, -0.2) is 19.2 Å². The monoisotopic (exact) mass is 319 g/mol. The van der Waals surface area contributed by atoms with E-state index in [4.69, 9.17) is 4.74 Å². The van der Waals surface area contributed by atoms with Crippen molar-refractivity contribution >= 4 is 15.9 Å². The van der Waals surface area contributed by atoms with Gasteiger partial charge in [-0.2, -0.15) is 0 Å². The minimum atomic E-state index is -0.577. The fourth-order valence-electron chi connectivity index (χ4n) is 2.07. The number of benzene rings is 1. The van der Waals surface area contributed by atoms with Gasteiger partial charge in [0.15, 0.2) is 0 Å². The van der Waals surface area contributed by atoms with Crippen LogP contribution < -0.4 is 5.32 Å². The molecule has 0 aromatic heterocycles. The Bertz CT molecular complexity index is 408. The van der Waals surface area contributed by atoms with Gasteiger partial charge in [0.1, 0.15) is 11.6 Å². The number of hydrogen-bond acceptors (Lipinski definition) is 2. The molecule has 1 atom stereocenters. The predicted octanol–water partition coefficient (Wildman–Crippen LogP) is 3.39. The molecule has 0 spiro atoms. The van der Waals surface area contributed by atoms with Crippen molar-refractivity contribution in [1.82, 2.24) is 5.32 Å². The van der Waals surface area contributed by atoms with Crippen LogP contribution in [0.2, 0.25) is 0 Å². The number of ether oxygens (including phenoxy) is 1. The summed E-state index contributed by atoms with van der Waals surface area (Å²) in [5.41, 5.74) is -0.0137. The summed E-state index contributed by atoms with van der Waals surface area (Å²) >= 11 is 3.04. The Morgan fingerprint density at radius 3 is 2.89 bits per heavy atom. The van der Waals surface area contributed by atoms with Crippen LogP contribution in [-0.2, 0) is 11.3 Å². The lowest BCUT2D eigenvalue weighted by Crippen LogP contribution is -2.37. The summed E-state index contributed by atoms with van der Waals surface area (Å²) in [7, 11) is 0. The number of nitrogens with one attached hydrogen (secondary N) is 1. The molecule has 1 aromatic rings. The van der Waals surface area contributed by atoms with Crippen molar-refractivity contribution in [2.24, 2.45) is 0 Å². The van der Waals surface area contributed by atoms with Gasteiger partial charge >= 0.3 is 0 Å². The Kier molecular flexibility index (Phi) is 5.09. The maximum absolute atomic E-state index is 13.6. The standard InChI is InChI=1S/C13H16BrF2NO/c14-11-4-5-12(15)10(13(11)16)8-18-7-9-3-1-2-6-17-9/h4-5,9,17H,1-3,6-8H2. The molecular formula is C13H16BrF2NO. The first-order valence-corrected chi connectivity index (χ1v) is 6.91. The minimum Gasteiger partial charge on any atom is -0.375 e. The van der Waals surface area contributed by atoms with E-state index in [0.717, 1.165) is 13.0 Å². The maximum Gasteiger partial charge on any atom is 0.145 e. The highest BCUT2D eigenvalue weighted by Gasteiger charge is 2.15. The van der Waals surface area contributed by atoms with Gasteiger partial charge in [-0.25, -0.2) is 8.78 Å². The van der Waals surface area contributed by atoms with Crippen LogP contribution in [0, 0.1) is 11.6 Å². The number of piperidine rings is 1. The number of halogens is 3. The summed E-state index contributed by atoms with van der Waals surface area (Å²) in [6.07, 6.45) is 3.43. The molecule has 2 rings (SSSR count). The molecule has 18 heavy (non-hydrogen) atoms. The molecule has 1 aliphatic heterocycles. The van der Waals surface area contributed by atoms with Gasteiger partial charge in [0.25, 0.3) is 0 Å². The number of hydrogen-bond donors (Lipinski definition) is 1. The fourth-order valence-corrected chi connectivity index (χ4v) is 2.44. The zero-order valence-electron chi connectivity index (χ0n) is 10.0. The highest BCUT2D eigenvalue weighted by molar-refractivity contribution is 9.10. The molecule has 0 saturated carbocycles. The molecule has 2 nitrogen and oxygen atoms in total. The topological polar surface area (TPSA) is 21.3 Å². The summed E-state index contributed by atoms with van der Waals surface area (Å²) in [6, 6.07) is 2.90. The van der Waals surface area contributed by atoms with Gasteiger partial charge in [0.2, 0.25) is 0 Å². The minimum absolute atomic E-state index is 0.0137. The lowest BCUT2D eigenvalue weighted by atomic mass is 10.1. The Balaban J connectivity index is 1.88. The van der Waals surface area contributed by atoms with E-state index in [1.165, 1.54) is 25.0 Å². The van der Waals surface area contributed by atoms with Crippen LogP contribution in [0.1, 0.15) is 24.8 Å². The molecule has 1 unspecified atom stereocenters. The van der Waals surface area contributed by atoms with Crippen molar-refractivity contribution in [1.29, 1.82) is 0 Å². The quantitative estimate of drug-likeness (QED) is 0.859. The number of rotatable bonds is 4. The third-order valence-electron chi connectivity index (χ3n) is 3.12. The second-order valence-electron chi connectivity index (χ2n) is 4.48. The van der Waals surface area contributed by atoms with Gasteiger partial charge in [-0.3, -0.25) is 0 Å². The van der Waals surface area contributed by atoms with Gasteiger partial charge < -0.3 is 10.1 Å². The van der Waals surface area contributed by atoms with E-state index in [0.29, 0.717) is 12.6 Å². The smallest absolute Gasteiger partial charge is 0.145 e. The highest BCUT2D eigenvalue weighted by atomic mass is 79.9. The van der Waals surface area contributed by atoms with E-state index < -0.39 is 11.6 Å². The van der Waals surface area contributed by atoms with Crippen molar-refractivity contribution in [2.75, 3.05) is 13.2 Å². The van der Waals surface area contributed by atoms with Crippen LogP contribution in [0.15, 0.2) is 16.6 Å². The lowest BCUT2D eigenvalue weighted by molar-refractivity contribution is 0.0872. The van der Waals surface area contributed by atoms with Gasteiger partial charge in [-0.05, 0) is 47.4 Å². The first-order valence-electron chi connectivity index (χ1n) is 6.12. The highest BCUT2D eigenvalue weighted by Crippen LogP contribution is 2.22. The Morgan fingerprint density at radius 1 is 1.33 bits per heavy atom. The summed E-state index contributed by atoms with van der Waals surface area (Å²) in [5.74, 6) is -1.14. The third kappa shape index (κ3) is 3.49. The molecular weight excluding hydrogens is 304 g/mol. The van der Waals surface area contributed by atoms with E-state index in [1.807, 2.05) is 0 Å². The van der Waals surface area contributed by atoms with Gasteiger partial charge in [-0.1, -0.05) is 6.42 Å². The zero-order valence-corrected chi connectivity index (χ0v) is 11.6. The second kappa shape index (κ2) is 6.59. The summed E-state index contributed by atoms with van der Waals surface area (Å²) in [5, 5.41) is 3.32. The molecule has 1 aromatic carbocycles. The Labute approximate surface area is 114 Å². The molecule has 0 aliphatic carbocycles. The van der Waals surface area contributed by atoms with Crippen molar-refractivity contribution in [3.63, 3.8) is 0 Å². The predicted molar refractivity (Wildman–Crippen MR) is 69.4 cm³/mol.